The fourth-order valence-corrected chi connectivity index (χ4v) is 5.35. The van der Waals surface area contributed by atoms with E-state index in [1.165, 1.54) is 11.3 Å². The van der Waals surface area contributed by atoms with Crippen LogP contribution in [0, 0.1) is 6.92 Å². The van der Waals surface area contributed by atoms with E-state index >= 15 is 0 Å². The summed E-state index contributed by atoms with van der Waals surface area (Å²) in [6.07, 6.45) is 0. The fraction of sp³-hybridized carbons (Fsp3) is 0.188. The van der Waals surface area contributed by atoms with Crippen molar-refractivity contribution in [1.82, 2.24) is 4.57 Å². The van der Waals surface area contributed by atoms with Crippen LogP contribution in [0.5, 0.6) is 0 Å². The molecule has 0 N–H and O–H groups in total. The Bertz CT molecular complexity index is 1030. The zero-order valence-corrected chi connectivity index (χ0v) is 15.9. The number of aryl methyl sites for hydroxylation is 2. The summed E-state index contributed by atoms with van der Waals surface area (Å²) in [6, 6.07) is 12.6. The molecule has 2 aromatic carbocycles. The van der Waals surface area contributed by atoms with Gasteiger partial charge in [-0.1, -0.05) is 35.1 Å². The average Bonchev–Trinajstić information content (AvgIpc) is 2.85. The van der Waals surface area contributed by atoms with Gasteiger partial charge in [-0.25, -0.2) is 0 Å². The summed E-state index contributed by atoms with van der Waals surface area (Å²) in [6.45, 7) is 4.54. The first-order valence-electron chi connectivity index (χ1n) is 7.08. The lowest BCUT2D eigenvalue weighted by atomic mass is 10.2. The second kappa shape index (κ2) is 6.22. The van der Waals surface area contributed by atoms with Gasteiger partial charge in [0.15, 0.2) is 0 Å². The Morgan fingerprint density at radius 1 is 1.17 bits per heavy atom. The van der Waals surface area contributed by atoms with Gasteiger partial charge in [-0.15, -0.1) is 4.40 Å². The molecule has 0 saturated carbocycles. The normalized spacial score (nSPS) is 12.9. The number of thiazole rings is 1. The Morgan fingerprint density at radius 2 is 1.87 bits per heavy atom. The summed E-state index contributed by atoms with van der Waals surface area (Å²) in [4.78, 5) is 0.692. The van der Waals surface area contributed by atoms with Crippen molar-refractivity contribution in [2.45, 2.75) is 25.3 Å². The molecule has 3 rings (SSSR count). The summed E-state index contributed by atoms with van der Waals surface area (Å²) >= 11 is 4.90. The predicted molar refractivity (Wildman–Crippen MR) is 97.1 cm³/mol. The maximum atomic E-state index is 12.6. The number of halogens is 1. The first kappa shape index (κ1) is 16.4. The fourth-order valence-electron chi connectivity index (χ4n) is 2.32. The Hall–Kier alpha value is -1.44. The molecule has 0 aliphatic heterocycles. The van der Waals surface area contributed by atoms with Crippen LogP contribution in [0.2, 0.25) is 0 Å². The molecular formula is C16H15BrN2O2S2. The van der Waals surface area contributed by atoms with Crippen molar-refractivity contribution in [1.29, 1.82) is 0 Å². The van der Waals surface area contributed by atoms with E-state index in [4.69, 9.17) is 0 Å². The molecule has 0 aliphatic rings. The van der Waals surface area contributed by atoms with E-state index in [1.807, 2.05) is 36.6 Å². The number of nitrogens with zero attached hydrogens (tertiary/aromatic N) is 2. The van der Waals surface area contributed by atoms with Crippen molar-refractivity contribution >= 4 is 47.5 Å². The predicted octanol–water partition coefficient (Wildman–Crippen LogP) is 4.08. The van der Waals surface area contributed by atoms with E-state index in [9.17, 15) is 8.42 Å². The molecule has 0 saturated heterocycles. The third-order valence-electron chi connectivity index (χ3n) is 3.49. The zero-order valence-electron chi connectivity index (χ0n) is 12.7. The summed E-state index contributed by atoms with van der Waals surface area (Å²) < 4.78 is 33.0. The van der Waals surface area contributed by atoms with Crippen molar-refractivity contribution < 1.29 is 8.42 Å². The molecule has 120 valence electrons. The average molecular weight is 411 g/mol. The topological polar surface area (TPSA) is 51.4 Å². The number of hydrogen-bond acceptors (Lipinski definition) is 3. The summed E-state index contributed by atoms with van der Waals surface area (Å²) in [5, 5.41) is 0. The van der Waals surface area contributed by atoms with Crippen LogP contribution in [-0.4, -0.2) is 13.0 Å². The van der Waals surface area contributed by atoms with Crippen LogP contribution in [0.4, 0.5) is 0 Å². The monoisotopic (exact) mass is 410 g/mol. The lowest BCUT2D eigenvalue weighted by molar-refractivity contribution is 0.595. The van der Waals surface area contributed by atoms with Gasteiger partial charge in [-0.05, 0) is 54.0 Å². The van der Waals surface area contributed by atoms with E-state index in [1.54, 1.807) is 24.3 Å². The van der Waals surface area contributed by atoms with Gasteiger partial charge in [0.1, 0.15) is 0 Å². The molecule has 0 aliphatic carbocycles. The van der Waals surface area contributed by atoms with E-state index in [0.717, 1.165) is 20.3 Å². The van der Waals surface area contributed by atoms with Crippen molar-refractivity contribution in [3.05, 3.63) is 57.3 Å². The van der Waals surface area contributed by atoms with E-state index in [0.29, 0.717) is 11.3 Å². The van der Waals surface area contributed by atoms with Gasteiger partial charge < -0.3 is 4.57 Å². The molecular weight excluding hydrogens is 396 g/mol. The van der Waals surface area contributed by atoms with Crippen LogP contribution >= 0.6 is 27.3 Å². The lowest BCUT2D eigenvalue weighted by Crippen LogP contribution is -2.16. The smallest absolute Gasteiger partial charge is 0.285 e. The number of sulfonamides is 1. The Balaban J connectivity index is 2.25. The van der Waals surface area contributed by atoms with Crippen molar-refractivity contribution in [2.24, 2.45) is 4.40 Å². The van der Waals surface area contributed by atoms with Gasteiger partial charge >= 0.3 is 0 Å². The van der Waals surface area contributed by atoms with Crippen LogP contribution in [0.15, 0.2) is 56.2 Å². The summed E-state index contributed by atoms with van der Waals surface area (Å²) in [7, 11) is -3.72. The SMILES string of the molecule is CCn1c(=NS(=O)(=O)c2ccc(C)cc2)sc2cccc(Br)c21. The van der Waals surface area contributed by atoms with Crippen molar-refractivity contribution in [3.8, 4) is 0 Å². The highest BCUT2D eigenvalue weighted by Gasteiger charge is 2.15. The van der Waals surface area contributed by atoms with Crippen LogP contribution in [-0.2, 0) is 16.6 Å². The second-order valence-corrected chi connectivity index (χ2v) is 8.56. The third-order valence-corrected chi connectivity index (χ3v) is 6.57. The van der Waals surface area contributed by atoms with Crippen LogP contribution in [0.3, 0.4) is 0 Å². The zero-order chi connectivity index (χ0) is 16.6. The number of benzene rings is 2. The largest absolute Gasteiger partial charge is 0.315 e. The minimum atomic E-state index is -3.72. The number of para-hydroxylation sites is 1. The molecule has 1 heterocycles. The maximum absolute atomic E-state index is 12.6. The molecule has 4 nitrogen and oxygen atoms in total. The molecule has 0 amide bonds. The Labute approximate surface area is 147 Å². The quantitative estimate of drug-likeness (QED) is 0.652. The van der Waals surface area contributed by atoms with Gasteiger partial charge in [0.05, 0.1) is 15.1 Å². The molecule has 0 radical (unpaired) electrons. The highest BCUT2D eigenvalue weighted by Crippen LogP contribution is 2.26. The highest BCUT2D eigenvalue weighted by atomic mass is 79.9. The summed E-state index contributed by atoms with van der Waals surface area (Å²) in [5.74, 6) is 0. The number of rotatable bonds is 3. The number of fused-ring (bicyclic) bond motifs is 1. The van der Waals surface area contributed by atoms with Gasteiger partial charge in [-0.2, -0.15) is 8.42 Å². The first-order valence-corrected chi connectivity index (χ1v) is 10.1. The van der Waals surface area contributed by atoms with Crippen molar-refractivity contribution in [3.63, 3.8) is 0 Å². The first-order chi connectivity index (χ1) is 10.9. The Kier molecular flexibility index (Phi) is 4.44. The van der Waals surface area contributed by atoms with Crippen LogP contribution in [0.1, 0.15) is 12.5 Å². The van der Waals surface area contributed by atoms with Gasteiger partial charge in [0.2, 0.25) is 4.80 Å². The number of hydrogen-bond donors (Lipinski definition) is 0. The highest BCUT2D eigenvalue weighted by molar-refractivity contribution is 9.10. The van der Waals surface area contributed by atoms with E-state index < -0.39 is 10.0 Å². The molecule has 0 spiro atoms. The van der Waals surface area contributed by atoms with Crippen molar-refractivity contribution in [2.75, 3.05) is 0 Å². The molecule has 0 fully saturated rings. The summed E-state index contributed by atoms with van der Waals surface area (Å²) in [5.41, 5.74) is 1.98. The number of aromatic nitrogens is 1. The Morgan fingerprint density at radius 3 is 2.52 bits per heavy atom. The van der Waals surface area contributed by atoms with E-state index in [2.05, 4.69) is 20.3 Å². The maximum Gasteiger partial charge on any atom is 0.285 e. The van der Waals surface area contributed by atoms with Crippen LogP contribution in [0.25, 0.3) is 10.2 Å². The standard InChI is InChI=1S/C16H15BrN2O2S2/c1-3-19-15-13(17)5-4-6-14(15)22-16(19)18-23(20,21)12-9-7-11(2)8-10-12/h4-10H,3H2,1-2H3. The molecule has 7 heteroatoms. The molecule has 1 aromatic heterocycles. The van der Waals surface area contributed by atoms with Gasteiger partial charge in [0.25, 0.3) is 10.0 Å². The molecule has 23 heavy (non-hydrogen) atoms. The molecule has 3 aromatic rings. The molecule has 0 bridgehead atoms. The second-order valence-electron chi connectivity index (χ2n) is 5.09. The molecule has 0 atom stereocenters. The minimum Gasteiger partial charge on any atom is -0.315 e. The van der Waals surface area contributed by atoms with Crippen LogP contribution < -0.4 is 4.80 Å². The molecule has 0 unspecified atom stereocenters. The van der Waals surface area contributed by atoms with Gasteiger partial charge in [0, 0.05) is 11.0 Å². The minimum absolute atomic E-state index is 0.210. The third kappa shape index (κ3) is 3.13. The lowest BCUT2D eigenvalue weighted by Gasteiger charge is -2.03. The van der Waals surface area contributed by atoms with Gasteiger partial charge in [-0.3, -0.25) is 0 Å². The van der Waals surface area contributed by atoms with E-state index in [-0.39, 0.29) is 4.90 Å².